The van der Waals surface area contributed by atoms with Crippen molar-refractivity contribution in [2.75, 3.05) is 50.7 Å². The zero-order chi connectivity index (χ0) is 22.3. The number of carbonyl (C=O) groups is 1. The fourth-order valence-corrected chi connectivity index (χ4v) is 5.02. The number of carbonyl (C=O) groups excluding carboxylic acids is 1. The Balaban J connectivity index is 1.48. The number of benzene rings is 1. The Bertz CT molecular complexity index is 939. The second kappa shape index (κ2) is 10.7. The van der Waals surface area contributed by atoms with Gasteiger partial charge in [0.05, 0.1) is 6.54 Å². The molecule has 2 heterocycles. The van der Waals surface area contributed by atoms with Crippen LogP contribution in [0.25, 0.3) is 0 Å². The van der Waals surface area contributed by atoms with E-state index in [0.29, 0.717) is 26.2 Å². The van der Waals surface area contributed by atoms with Crippen LogP contribution >= 0.6 is 0 Å². The number of sulfonamides is 1. The second-order valence-electron chi connectivity index (χ2n) is 7.47. The summed E-state index contributed by atoms with van der Waals surface area (Å²) in [6.07, 6.45) is 1.44. The first-order valence-corrected chi connectivity index (χ1v) is 12.1. The molecule has 0 radical (unpaired) electrons. The number of piperazine rings is 1. The molecule has 0 unspecified atom stereocenters. The minimum absolute atomic E-state index is 0.0152. The van der Waals surface area contributed by atoms with E-state index in [4.69, 9.17) is 0 Å². The number of hydrogen-bond acceptors (Lipinski definition) is 6. The number of nitrogens with one attached hydrogen (secondary N) is 1. The lowest BCUT2D eigenvalue weighted by Crippen LogP contribution is -2.49. The van der Waals surface area contributed by atoms with E-state index in [0.717, 1.165) is 37.6 Å². The molecule has 1 aliphatic heterocycles. The summed E-state index contributed by atoms with van der Waals surface area (Å²) >= 11 is 0. The van der Waals surface area contributed by atoms with Gasteiger partial charge in [0.1, 0.15) is 10.7 Å². The van der Waals surface area contributed by atoms with Gasteiger partial charge < -0.3 is 10.2 Å². The van der Waals surface area contributed by atoms with Crippen LogP contribution in [0.4, 0.5) is 5.82 Å². The Kier molecular flexibility index (Phi) is 8.00. The van der Waals surface area contributed by atoms with Crippen LogP contribution in [0.5, 0.6) is 0 Å². The minimum Gasteiger partial charge on any atom is -0.354 e. The molecule has 1 amide bonds. The highest BCUT2D eigenvalue weighted by Gasteiger charge is 2.23. The molecule has 1 fully saturated rings. The van der Waals surface area contributed by atoms with Crippen LogP contribution in [-0.2, 0) is 21.4 Å². The molecule has 1 N–H and O–H groups in total. The predicted molar refractivity (Wildman–Crippen MR) is 121 cm³/mol. The largest absolute Gasteiger partial charge is 0.354 e. The lowest BCUT2D eigenvalue weighted by molar-refractivity contribution is -0.122. The zero-order valence-corrected chi connectivity index (χ0v) is 19.0. The third-order valence-corrected chi connectivity index (χ3v) is 7.49. The molecule has 9 heteroatoms. The van der Waals surface area contributed by atoms with Crippen molar-refractivity contribution in [3.63, 3.8) is 0 Å². The van der Waals surface area contributed by atoms with E-state index in [1.165, 1.54) is 10.5 Å². The van der Waals surface area contributed by atoms with Crippen LogP contribution in [0, 0.1) is 0 Å². The van der Waals surface area contributed by atoms with Gasteiger partial charge in [-0.3, -0.25) is 9.69 Å². The van der Waals surface area contributed by atoms with Crippen LogP contribution < -0.4 is 10.2 Å². The standard InChI is InChI=1S/C22H31N5O3S/c1-3-27(4-2)31(29,30)20-10-11-21(23-17-20)26-14-12-25(13-15-26)18-22(28)24-16-19-8-6-5-7-9-19/h5-11,17H,3-4,12-16,18H2,1-2H3,(H,24,28). The van der Waals surface area contributed by atoms with Crippen LogP contribution in [0.3, 0.4) is 0 Å². The zero-order valence-electron chi connectivity index (χ0n) is 18.2. The van der Waals surface area contributed by atoms with Crippen molar-refractivity contribution in [3.8, 4) is 0 Å². The van der Waals surface area contributed by atoms with Crippen molar-refractivity contribution in [2.45, 2.75) is 25.3 Å². The fraction of sp³-hybridized carbons (Fsp3) is 0.455. The van der Waals surface area contributed by atoms with E-state index in [1.807, 2.05) is 44.2 Å². The molecule has 1 aromatic heterocycles. The van der Waals surface area contributed by atoms with Crippen LogP contribution in [0.2, 0.25) is 0 Å². The van der Waals surface area contributed by atoms with Crippen LogP contribution in [-0.4, -0.2) is 74.3 Å². The fourth-order valence-electron chi connectivity index (χ4n) is 3.62. The molecule has 0 atom stereocenters. The van der Waals surface area contributed by atoms with Crippen molar-refractivity contribution in [1.29, 1.82) is 0 Å². The summed E-state index contributed by atoms with van der Waals surface area (Å²) in [6, 6.07) is 13.2. The Morgan fingerprint density at radius 3 is 2.29 bits per heavy atom. The van der Waals surface area contributed by atoms with Crippen molar-refractivity contribution in [3.05, 3.63) is 54.2 Å². The predicted octanol–water partition coefficient (Wildman–Crippen LogP) is 1.55. The van der Waals surface area contributed by atoms with E-state index in [2.05, 4.69) is 20.1 Å². The average Bonchev–Trinajstić information content (AvgIpc) is 2.80. The first-order chi connectivity index (χ1) is 14.9. The number of anilines is 1. The number of amides is 1. The Morgan fingerprint density at radius 1 is 1.03 bits per heavy atom. The highest BCUT2D eigenvalue weighted by Crippen LogP contribution is 2.19. The lowest BCUT2D eigenvalue weighted by atomic mass is 10.2. The van der Waals surface area contributed by atoms with Gasteiger partial charge in [0, 0.05) is 52.0 Å². The first kappa shape index (κ1) is 23.2. The molecular weight excluding hydrogens is 414 g/mol. The molecule has 0 aliphatic carbocycles. The number of nitrogens with zero attached hydrogens (tertiary/aromatic N) is 4. The third kappa shape index (κ3) is 6.03. The summed E-state index contributed by atoms with van der Waals surface area (Å²) in [7, 11) is -3.50. The summed E-state index contributed by atoms with van der Waals surface area (Å²) in [5.41, 5.74) is 1.08. The van der Waals surface area contributed by atoms with Crippen molar-refractivity contribution in [2.24, 2.45) is 0 Å². The Labute approximate surface area is 184 Å². The van der Waals surface area contributed by atoms with E-state index < -0.39 is 10.0 Å². The molecule has 0 bridgehead atoms. The maximum Gasteiger partial charge on any atom is 0.244 e. The van der Waals surface area contributed by atoms with E-state index in [9.17, 15) is 13.2 Å². The molecule has 1 aromatic carbocycles. The highest BCUT2D eigenvalue weighted by atomic mass is 32.2. The summed E-state index contributed by atoms with van der Waals surface area (Å²) in [4.78, 5) is 21.1. The quantitative estimate of drug-likeness (QED) is 0.630. The van der Waals surface area contributed by atoms with Gasteiger partial charge in [-0.15, -0.1) is 0 Å². The molecule has 168 valence electrons. The first-order valence-electron chi connectivity index (χ1n) is 10.7. The molecule has 0 spiro atoms. The SMILES string of the molecule is CCN(CC)S(=O)(=O)c1ccc(N2CCN(CC(=O)NCc3ccccc3)CC2)nc1. The molecule has 2 aromatic rings. The van der Waals surface area contributed by atoms with Gasteiger partial charge in [-0.1, -0.05) is 44.2 Å². The number of hydrogen-bond donors (Lipinski definition) is 1. The minimum atomic E-state index is -3.50. The van der Waals surface area contributed by atoms with Crippen LogP contribution in [0.15, 0.2) is 53.6 Å². The van der Waals surface area contributed by atoms with Gasteiger partial charge in [-0.05, 0) is 17.7 Å². The summed E-state index contributed by atoms with van der Waals surface area (Å²) < 4.78 is 26.6. The van der Waals surface area contributed by atoms with Gasteiger partial charge in [-0.2, -0.15) is 4.31 Å². The van der Waals surface area contributed by atoms with E-state index in [1.54, 1.807) is 12.1 Å². The van der Waals surface area contributed by atoms with Crippen molar-refractivity contribution < 1.29 is 13.2 Å². The summed E-state index contributed by atoms with van der Waals surface area (Å²) in [5, 5.41) is 2.96. The monoisotopic (exact) mass is 445 g/mol. The van der Waals surface area contributed by atoms with E-state index in [-0.39, 0.29) is 10.8 Å². The third-order valence-electron chi connectivity index (χ3n) is 5.46. The molecule has 3 rings (SSSR count). The van der Waals surface area contributed by atoms with Gasteiger partial charge in [0.25, 0.3) is 0 Å². The summed E-state index contributed by atoms with van der Waals surface area (Å²) in [6.45, 7) is 8.39. The number of aromatic nitrogens is 1. The summed E-state index contributed by atoms with van der Waals surface area (Å²) in [5.74, 6) is 0.771. The lowest BCUT2D eigenvalue weighted by Gasteiger charge is -2.35. The molecule has 1 saturated heterocycles. The maximum atomic E-state index is 12.6. The van der Waals surface area contributed by atoms with Crippen molar-refractivity contribution in [1.82, 2.24) is 19.5 Å². The second-order valence-corrected chi connectivity index (χ2v) is 9.40. The Morgan fingerprint density at radius 2 is 1.71 bits per heavy atom. The van der Waals surface area contributed by atoms with Gasteiger partial charge in [0.15, 0.2) is 0 Å². The molecular formula is C22H31N5O3S. The van der Waals surface area contributed by atoms with Gasteiger partial charge in [0.2, 0.25) is 15.9 Å². The van der Waals surface area contributed by atoms with Crippen LogP contribution in [0.1, 0.15) is 19.4 Å². The molecule has 31 heavy (non-hydrogen) atoms. The molecule has 1 aliphatic rings. The van der Waals surface area contributed by atoms with E-state index >= 15 is 0 Å². The molecule has 8 nitrogen and oxygen atoms in total. The number of pyridine rings is 1. The Hall–Kier alpha value is -2.49. The normalized spacial score (nSPS) is 15.3. The number of rotatable bonds is 9. The van der Waals surface area contributed by atoms with Crippen molar-refractivity contribution >= 4 is 21.7 Å². The average molecular weight is 446 g/mol. The van der Waals surface area contributed by atoms with Gasteiger partial charge in [-0.25, -0.2) is 13.4 Å². The molecule has 0 saturated carbocycles. The topological polar surface area (TPSA) is 85.9 Å². The highest BCUT2D eigenvalue weighted by molar-refractivity contribution is 7.89. The van der Waals surface area contributed by atoms with Gasteiger partial charge >= 0.3 is 0 Å². The maximum absolute atomic E-state index is 12.6. The smallest absolute Gasteiger partial charge is 0.244 e.